The van der Waals surface area contributed by atoms with Gasteiger partial charge >= 0.3 is 0 Å². The molecule has 0 fully saturated rings. The fraction of sp³-hybridized carbons (Fsp3) is 0.889. The van der Waals surface area contributed by atoms with E-state index in [0.717, 1.165) is 0 Å². The highest BCUT2D eigenvalue weighted by molar-refractivity contribution is 7.80. The van der Waals surface area contributed by atoms with Crippen molar-refractivity contribution in [2.24, 2.45) is 0 Å². The molecular weight excluding hydrogens is 238 g/mol. The fourth-order valence-corrected chi connectivity index (χ4v) is 1.28. The first-order valence-corrected chi connectivity index (χ1v) is 5.36. The van der Waals surface area contributed by atoms with Crippen LogP contribution in [0, 0.1) is 0 Å². The van der Waals surface area contributed by atoms with Gasteiger partial charge in [0.25, 0.3) is 6.43 Å². The number of halogens is 2. The van der Waals surface area contributed by atoms with Gasteiger partial charge in [-0.05, 0) is 19.1 Å². The number of ether oxygens (including phenoxy) is 2. The monoisotopic (exact) mass is 256 g/mol. The van der Waals surface area contributed by atoms with E-state index in [1.807, 2.05) is 6.92 Å². The lowest BCUT2D eigenvalue weighted by atomic mass is 10.4. The van der Waals surface area contributed by atoms with E-state index in [9.17, 15) is 8.78 Å². The van der Waals surface area contributed by atoms with Crippen LogP contribution in [-0.4, -0.2) is 51.1 Å². The number of methoxy groups -OCH3 is 1. The summed E-state index contributed by atoms with van der Waals surface area (Å²) in [6.45, 7) is 2.53. The lowest BCUT2D eigenvalue weighted by Gasteiger charge is -2.16. The number of hydrogen-bond acceptors (Lipinski definition) is 3. The Balaban J connectivity index is 3.36. The second-order valence-corrected chi connectivity index (χ2v) is 3.63. The lowest BCUT2D eigenvalue weighted by molar-refractivity contribution is 0.0197. The molecule has 1 unspecified atom stereocenters. The summed E-state index contributed by atoms with van der Waals surface area (Å²) in [4.78, 5) is 0. The third kappa shape index (κ3) is 10.0. The van der Waals surface area contributed by atoms with Crippen molar-refractivity contribution >= 4 is 17.3 Å². The molecule has 16 heavy (non-hydrogen) atoms. The molecule has 0 amide bonds. The molecule has 0 bridgehead atoms. The first-order chi connectivity index (χ1) is 7.56. The third-order valence-corrected chi connectivity index (χ3v) is 1.83. The van der Waals surface area contributed by atoms with Gasteiger partial charge in [0.05, 0.1) is 13.2 Å². The predicted molar refractivity (Wildman–Crippen MR) is 61.9 cm³/mol. The summed E-state index contributed by atoms with van der Waals surface area (Å²) in [5.41, 5.74) is 0. The molecule has 0 aromatic rings. The molecule has 4 nitrogen and oxygen atoms in total. The van der Waals surface area contributed by atoms with Crippen molar-refractivity contribution in [3.8, 4) is 0 Å². The maximum Gasteiger partial charge on any atom is 0.261 e. The molecule has 0 aromatic heterocycles. The molecule has 0 aliphatic carbocycles. The molecule has 0 rings (SSSR count). The quantitative estimate of drug-likeness (QED) is 0.496. The first-order valence-electron chi connectivity index (χ1n) is 4.95. The van der Waals surface area contributed by atoms with Gasteiger partial charge in [-0.2, -0.15) is 0 Å². The molecule has 0 saturated heterocycles. The molecule has 96 valence electrons. The van der Waals surface area contributed by atoms with E-state index in [0.29, 0.717) is 18.3 Å². The fourth-order valence-electron chi connectivity index (χ4n) is 0.976. The molecule has 0 saturated carbocycles. The highest BCUT2D eigenvalue weighted by Gasteiger charge is 2.03. The second kappa shape index (κ2) is 9.68. The van der Waals surface area contributed by atoms with Gasteiger partial charge in [0.15, 0.2) is 5.11 Å². The smallest absolute Gasteiger partial charge is 0.261 e. The Morgan fingerprint density at radius 1 is 1.38 bits per heavy atom. The largest absolute Gasteiger partial charge is 0.383 e. The average molecular weight is 256 g/mol. The van der Waals surface area contributed by atoms with Gasteiger partial charge in [0, 0.05) is 19.7 Å². The number of thiocarbonyl (C=S) groups is 1. The van der Waals surface area contributed by atoms with Crippen LogP contribution in [0.15, 0.2) is 0 Å². The van der Waals surface area contributed by atoms with Crippen LogP contribution in [-0.2, 0) is 9.47 Å². The molecule has 0 spiro atoms. The molecule has 0 heterocycles. The van der Waals surface area contributed by atoms with Gasteiger partial charge < -0.3 is 20.1 Å². The van der Waals surface area contributed by atoms with Crippen molar-refractivity contribution in [3.63, 3.8) is 0 Å². The minimum Gasteiger partial charge on any atom is -0.383 e. The molecule has 0 aliphatic heterocycles. The SMILES string of the molecule is COCC(C)NC(=S)NCCOCC(F)F. The average Bonchev–Trinajstić information content (AvgIpc) is 2.16. The topological polar surface area (TPSA) is 42.5 Å². The predicted octanol–water partition coefficient (Wildman–Crippen LogP) is 0.767. The van der Waals surface area contributed by atoms with Crippen molar-refractivity contribution in [2.45, 2.75) is 19.4 Å². The minimum absolute atomic E-state index is 0.104. The van der Waals surface area contributed by atoms with E-state index in [1.54, 1.807) is 7.11 Å². The van der Waals surface area contributed by atoms with Gasteiger partial charge in [0.1, 0.15) is 6.61 Å². The highest BCUT2D eigenvalue weighted by atomic mass is 32.1. The molecule has 7 heteroatoms. The van der Waals surface area contributed by atoms with Crippen LogP contribution in [0.25, 0.3) is 0 Å². The van der Waals surface area contributed by atoms with Crippen molar-refractivity contribution in [1.82, 2.24) is 10.6 Å². The van der Waals surface area contributed by atoms with Gasteiger partial charge in [0.2, 0.25) is 0 Å². The molecule has 0 aliphatic rings. The normalized spacial score (nSPS) is 12.6. The zero-order valence-electron chi connectivity index (χ0n) is 9.46. The van der Waals surface area contributed by atoms with Crippen LogP contribution in [0.5, 0.6) is 0 Å². The summed E-state index contributed by atoms with van der Waals surface area (Å²) >= 11 is 4.96. The Labute approximate surface area is 99.7 Å². The van der Waals surface area contributed by atoms with Crippen molar-refractivity contribution < 1.29 is 18.3 Å². The summed E-state index contributed by atoms with van der Waals surface area (Å²) in [6.07, 6.45) is -2.42. The van der Waals surface area contributed by atoms with Crippen LogP contribution in [0.3, 0.4) is 0 Å². The minimum atomic E-state index is -2.42. The van der Waals surface area contributed by atoms with E-state index in [2.05, 4.69) is 15.4 Å². The van der Waals surface area contributed by atoms with E-state index in [4.69, 9.17) is 17.0 Å². The maximum atomic E-state index is 11.7. The zero-order chi connectivity index (χ0) is 12.4. The number of alkyl halides is 2. The van der Waals surface area contributed by atoms with Crippen LogP contribution in [0.4, 0.5) is 8.78 Å². The van der Waals surface area contributed by atoms with E-state index in [-0.39, 0.29) is 12.6 Å². The lowest BCUT2D eigenvalue weighted by Crippen LogP contribution is -2.43. The summed E-state index contributed by atoms with van der Waals surface area (Å²) in [7, 11) is 1.60. The van der Waals surface area contributed by atoms with Gasteiger partial charge in [-0.25, -0.2) is 8.78 Å². The molecular formula is C9H18F2N2O2S. The van der Waals surface area contributed by atoms with Gasteiger partial charge in [-0.3, -0.25) is 0 Å². The zero-order valence-corrected chi connectivity index (χ0v) is 10.3. The van der Waals surface area contributed by atoms with Gasteiger partial charge in [-0.1, -0.05) is 0 Å². The van der Waals surface area contributed by atoms with Gasteiger partial charge in [-0.15, -0.1) is 0 Å². The summed E-state index contributed by atoms with van der Waals surface area (Å²) in [5.74, 6) is 0. The van der Waals surface area contributed by atoms with Crippen LogP contribution >= 0.6 is 12.2 Å². The molecule has 0 aromatic carbocycles. The Bertz CT molecular complexity index is 196. The third-order valence-electron chi connectivity index (χ3n) is 1.57. The van der Waals surface area contributed by atoms with Crippen LogP contribution in [0.2, 0.25) is 0 Å². The van der Waals surface area contributed by atoms with E-state index < -0.39 is 13.0 Å². The van der Waals surface area contributed by atoms with E-state index >= 15 is 0 Å². The highest BCUT2D eigenvalue weighted by Crippen LogP contribution is 1.91. The Morgan fingerprint density at radius 2 is 2.06 bits per heavy atom. The standard InChI is InChI=1S/C9H18F2N2O2S/c1-7(5-14-2)13-9(16)12-3-4-15-6-8(10)11/h7-8H,3-6H2,1-2H3,(H2,12,13,16). The summed E-state index contributed by atoms with van der Waals surface area (Å²) < 4.78 is 32.9. The maximum absolute atomic E-state index is 11.7. The summed E-state index contributed by atoms with van der Waals surface area (Å²) in [5, 5.41) is 6.28. The molecule has 0 radical (unpaired) electrons. The Hall–Kier alpha value is -0.530. The van der Waals surface area contributed by atoms with Crippen molar-refractivity contribution in [1.29, 1.82) is 0 Å². The Kier molecular flexibility index (Phi) is 9.36. The van der Waals surface area contributed by atoms with Crippen molar-refractivity contribution in [3.05, 3.63) is 0 Å². The number of hydrogen-bond donors (Lipinski definition) is 2. The number of nitrogens with one attached hydrogen (secondary N) is 2. The Morgan fingerprint density at radius 3 is 2.62 bits per heavy atom. The second-order valence-electron chi connectivity index (χ2n) is 3.22. The summed E-state index contributed by atoms with van der Waals surface area (Å²) in [6, 6.07) is 0.104. The number of rotatable bonds is 8. The van der Waals surface area contributed by atoms with Crippen LogP contribution in [0.1, 0.15) is 6.92 Å². The molecule has 2 N–H and O–H groups in total. The van der Waals surface area contributed by atoms with E-state index in [1.165, 1.54) is 0 Å². The van der Waals surface area contributed by atoms with Crippen LogP contribution < -0.4 is 10.6 Å². The van der Waals surface area contributed by atoms with Crippen molar-refractivity contribution in [2.75, 3.05) is 33.5 Å². The molecule has 1 atom stereocenters. The first kappa shape index (κ1) is 15.5.